The molecule has 1 N–H and O–H groups in total. The molecule has 1 aliphatic heterocycles. The second kappa shape index (κ2) is 5.92. The second-order valence-electron chi connectivity index (χ2n) is 5.05. The highest BCUT2D eigenvalue weighted by molar-refractivity contribution is 9.10. The fraction of sp³-hybridized carbons (Fsp3) is 0.500. The first-order valence-corrected chi connectivity index (χ1v) is 7.22. The van der Waals surface area contributed by atoms with Gasteiger partial charge >= 0.3 is 6.03 Å². The summed E-state index contributed by atoms with van der Waals surface area (Å²) in [5.74, 6) is 0. The summed E-state index contributed by atoms with van der Waals surface area (Å²) in [5.41, 5.74) is 1.89. The topological polar surface area (TPSA) is 41.6 Å². The zero-order chi connectivity index (χ0) is 14.0. The van der Waals surface area contributed by atoms with Gasteiger partial charge in [0.2, 0.25) is 0 Å². The van der Waals surface area contributed by atoms with E-state index < -0.39 is 0 Å². The molecule has 0 unspecified atom stereocenters. The summed E-state index contributed by atoms with van der Waals surface area (Å²) >= 11 is 3.42. The maximum Gasteiger partial charge on any atom is 0.322 e. The summed E-state index contributed by atoms with van der Waals surface area (Å²) in [7, 11) is 0. The van der Waals surface area contributed by atoms with Crippen molar-refractivity contribution in [3.63, 3.8) is 0 Å². The third-order valence-electron chi connectivity index (χ3n) is 3.14. The van der Waals surface area contributed by atoms with E-state index in [1.807, 2.05) is 39.0 Å². The number of aryl methyl sites for hydroxylation is 1. The first-order chi connectivity index (χ1) is 8.95. The average Bonchev–Trinajstić information content (AvgIpc) is 2.31. The monoisotopic (exact) mass is 326 g/mol. The first kappa shape index (κ1) is 14.3. The van der Waals surface area contributed by atoms with E-state index in [1.165, 1.54) is 0 Å². The SMILES string of the molecule is Cc1cc(Br)ccc1NC(=O)N1C[C@@H](C)O[C@H](C)C1. The number of urea groups is 1. The van der Waals surface area contributed by atoms with E-state index in [0.717, 1.165) is 15.7 Å². The lowest BCUT2D eigenvalue weighted by Gasteiger charge is -2.35. The Morgan fingerprint density at radius 3 is 2.58 bits per heavy atom. The summed E-state index contributed by atoms with van der Waals surface area (Å²) in [6.45, 7) is 7.21. The summed E-state index contributed by atoms with van der Waals surface area (Å²) in [6, 6.07) is 5.75. The van der Waals surface area contributed by atoms with Gasteiger partial charge in [0, 0.05) is 23.2 Å². The molecular weight excluding hydrogens is 308 g/mol. The van der Waals surface area contributed by atoms with Crippen LogP contribution in [0.2, 0.25) is 0 Å². The second-order valence-corrected chi connectivity index (χ2v) is 5.97. The van der Waals surface area contributed by atoms with Crippen LogP contribution in [0.25, 0.3) is 0 Å². The quantitative estimate of drug-likeness (QED) is 0.859. The Morgan fingerprint density at radius 2 is 2.00 bits per heavy atom. The molecule has 1 aromatic carbocycles. The van der Waals surface area contributed by atoms with Crippen LogP contribution in [0.4, 0.5) is 10.5 Å². The van der Waals surface area contributed by atoms with Crippen LogP contribution in [0.3, 0.4) is 0 Å². The third kappa shape index (κ3) is 3.70. The molecule has 2 atom stereocenters. The molecule has 1 saturated heterocycles. The number of hydrogen-bond acceptors (Lipinski definition) is 2. The molecule has 1 fully saturated rings. The van der Waals surface area contributed by atoms with Crippen molar-refractivity contribution in [1.29, 1.82) is 0 Å². The molecule has 104 valence electrons. The van der Waals surface area contributed by atoms with Gasteiger partial charge in [-0.2, -0.15) is 0 Å². The number of amides is 2. The summed E-state index contributed by atoms with van der Waals surface area (Å²) in [4.78, 5) is 14.0. The van der Waals surface area contributed by atoms with Crippen molar-refractivity contribution in [1.82, 2.24) is 4.90 Å². The van der Waals surface area contributed by atoms with Crippen LogP contribution in [-0.4, -0.2) is 36.2 Å². The van der Waals surface area contributed by atoms with Gasteiger partial charge in [-0.15, -0.1) is 0 Å². The number of ether oxygens (including phenoxy) is 1. The van der Waals surface area contributed by atoms with Crippen molar-refractivity contribution in [3.05, 3.63) is 28.2 Å². The maximum absolute atomic E-state index is 12.2. The van der Waals surface area contributed by atoms with Gasteiger partial charge in [0.25, 0.3) is 0 Å². The molecule has 19 heavy (non-hydrogen) atoms. The highest BCUT2D eigenvalue weighted by Gasteiger charge is 2.25. The largest absolute Gasteiger partial charge is 0.372 e. The molecular formula is C14H19BrN2O2. The lowest BCUT2D eigenvalue weighted by molar-refractivity contribution is -0.0530. The number of carbonyl (C=O) groups is 1. The van der Waals surface area contributed by atoms with Crippen LogP contribution in [0.5, 0.6) is 0 Å². The number of rotatable bonds is 1. The Labute approximate surface area is 122 Å². The Hall–Kier alpha value is -1.07. The molecule has 2 rings (SSSR count). The van der Waals surface area contributed by atoms with Crippen molar-refractivity contribution in [2.45, 2.75) is 33.0 Å². The minimum absolute atomic E-state index is 0.0626. The Bertz CT molecular complexity index is 469. The third-order valence-corrected chi connectivity index (χ3v) is 3.63. The molecule has 2 amide bonds. The fourth-order valence-corrected chi connectivity index (χ4v) is 2.78. The molecule has 0 spiro atoms. The minimum Gasteiger partial charge on any atom is -0.372 e. The fourth-order valence-electron chi connectivity index (χ4n) is 2.31. The van der Waals surface area contributed by atoms with Crippen molar-refractivity contribution < 1.29 is 9.53 Å². The summed E-state index contributed by atoms with van der Waals surface area (Å²) < 4.78 is 6.64. The predicted molar refractivity (Wildman–Crippen MR) is 79.5 cm³/mol. The van der Waals surface area contributed by atoms with Crippen molar-refractivity contribution >= 4 is 27.6 Å². The number of anilines is 1. The molecule has 1 heterocycles. The zero-order valence-corrected chi connectivity index (χ0v) is 13.0. The van der Waals surface area contributed by atoms with Gasteiger partial charge < -0.3 is 15.0 Å². The van der Waals surface area contributed by atoms with E-state index in [0.29, 0.717) is 13.1 Å². The lowest BCUT2D eigenvalue weighted by atomic mass is 10.2. The average molecular weight is 327 g/mol. The van der Waals surface area contributed by atoms with Crippen molar-refractivity contribution in [2.24, 2.45) is 0 Å². The van der Waals surface area contributed by atoms with Crippen LogP contribution < -0.4 is 5.32 Å². The van der Waals surface area contributed by atoms with Crippen LogP contribution >= 0.6 is 15.9 Å². The normalized spacial score (nSPS) is 23.3. The van der Waals surface area contributed by atoms with Crippen LogP contribution in [0.1, 0.15) is 19.4 Å². The smallest absolute Gasteiger partial charge is 0.322 e. The molecule has 0 bridgehead atoms. The van der Waals surface area contributed by atoms with E-state index in [2.05, 4.69) is 21.2 Å². The Balaban J connectivity index is 2.04. The van der Waals surface area contributed by atoms with Gasteiger partial charge in [-0.25, -0.2) is 4.79 Å². The molecule has 0 aromatic heterocycles. The van der Waals surface area contributed by atoms with Crippen LogP contribution in [0.15, 0.2) is 22.7 Å². The summed E-state index contributed by atoms with van der Waals surface area (Å²) in [5, 5.41) is 2.96. The van der Waals surface area contributed by atoms with Crippen LogP contribution in [0, 0.1) is 6.92 Å². The highest BCUT2D eigenvalue weighted by atomic mass is 79.9. The van der Waals surface area contributed by atoms with Crippen LogP contribution in [-0.2, 0) is 4.74 Å². The van der Waals surface area contributed by atoms with E-state index >= 15 is 0 Å². The van der Waals surface area contributed by atoms with E-state index in [-0.39, 0.29) is 18.2 Å². The molecule has 5 heteroatoms. The van der Waals surface area contributed by atoms with Gasteiger partial charge in [-0.05, 0) is 44.5 Å². The number of nitrogens with one attached hydrogen (secondary N) is 1. The van der Waals surface area contributed by atoms with E-state index in [1.54, 1.807) is 4.90 Å². The summed E-state index contributed by atoms with van der Waals surface area (Å²) in [6.07, 6.45) is 0.168. The van der Waals surface area contributed by atoms with Gasteiger partial charge in [0.1, 0.15) is 0 Å². The van der Waals surface area contributed by atoms with Gasteiger partial charge in [-0.3, -0.25) is 0 Å². The molecule has 0 aliphatic carbocycles. The number of nitrogens with zero attached hydrogens (tertiary/aromatic N) is 1. The van der Waals surface area contributed by atoms with Gasteiger partial charge in [0.15, 0.2) is 0 Å². The van der Waals surface area contributed by atoms with Crippen molar-refractivity contribution in [2.75, 3.05) is 18.4 Å². The molecule has 0 saturated carbocycles. The predicted octanol–water partition coefficient (Wildman–Crippen LogP) is 3.40. The van der Waals surface area contributed by atoms with E-state index in [9.17, 15) is 4.79 Å². The standard InChI is InChI=1S/C14H19BrN2O2/c1-9-6-12(15)4-5-13(9)16-14(18)17-7-10(2)19-11(3)8-17/h4-6,10-11H,7-8H2,1-3H3,(H,16,18)/t10-,11-/m1/s1. The van der Waals surface area contributed by atoms with Gasteiger partial charge in [-0.1, -0.05) is 15.9 Å². The van der Waals surface area contributed by atoms with Crippen molar-refractivity contribution in [3.8, 4) is 0 Å². The number of benzene rings is 1. The molecule has 1 aliphatic rings. The number of halogens is 1. The minimum atomic E-state index is -0.0626. The lowest BCUT2D eigenvalue weighted by Crippen LogP contribution is -2.49. The number of carbonyl (C=O) groups excluding carboxylic acids is 1. The first-order valence-electron chi connectivity index (χ1n) is 6.43. The Kier molecular flexibility index (Phi) is 4.47. The Morgan fingerprint density at radius 1 is 1.37 bits per heavy atom. The molecule has 0 radical (unpaired) electrons. The number of morpholine rings is 1. The highest BCUT2D eigenvalue weighted by Crippen LogP contribution is 2.21. The zero-order valence-electron chi connectivity index (χ0n) is 11.4. The maximum atomic E-state index is 12.2. The van der Waals surface area contributed by atoms with E-state index in [4.69, 9.17) is 4.74 Å². The molecule has 1 aromatic rings. The van der Waals surface area contributed by atoms with Gasteiger partial charge in [0.05, 0.1) is 12.2 Å². The molecule has 4 nitrogen and oxygen atoms in total. The number of hydrogen-bond donors (Lipinski definition) is 1.